The number of carbonyl (C=O) groups excluding carboxylic acids is 1. The lowest BCUT2D eigenvalue weighted by Gasteiger charge is -2.43. The molecule has 0 unspecified atom stereocenters. The van der Waals surface area contributed by atoms with Gasteiger partial charge in [-0.15, -0.1) is 0 Å². The molecule has 1 spiro atoms. The predicted octanol–water partition coefficient (Wildman–Crippen LogP) is 3.95. The Hall–Kier alpha value is -2.53. The van der Waals surface area contributed by atoms with Crippen molar-refractivity contribution in [2.75, 3.05) is 13.6 Å². The Morgan fingerprint density at radius 3 is 2.55 bits per heavy atom. The zero-order chi connectivity index (χ0) is 20.4. The summed E-state index contributed by atoms with van der Waals surface area (Å²) in [5.41, 5.74) is 1.99. The van der Waals surface area contributed by atoms with Crippen molar-refractivity contribution in [3.05, 3.63) is 59.7 Å². The van der Waals surface area contributed by atoms with Crippen LogP contribution in [0, 0.1) is 0 Å². The van der Waals surface area contributed by atoms with Crippen molar-refractivity contribution < 1.29 is 14.6 Å². The first-order valence-corrected chi connectivity index (χ1v) is 10.4. The molecule has 5 nitrogen and oxygen atoms in total. The number of hydrogen-bond acceptors (Lipinski definition) is 4. The van der Waals surface area contributed by atoms with Gasteiger partial charge in [-0.2, -0.15) is 0 Å². The highest BCUT2D eigenvalue weighted by molar-refractivity contribution is 5.73. The molecule has 0 saturated heterocycles. The second kappa shape index (κ2) is 8.07. The zero-order valence-corrected chi connectivity index (χ0v) is 17.3. The van der Waals surface area contributed by atoms with Crippen molar-refractivity contribution in [1.29, 1.82) is 0 Å². The summed E-state index contributed by atoms with van der Waals surface area (Å²) in [6, 6.07) is 16.0. The third-order valence-corrected chi connectivity index (χ3v) is 6.44. The third kappa shape index (κ3) is 4.40. The lowest BCUT2D eigenvalue weighted by Crippen LogP contribution is -2.51. The van der Waals surface area contributed by atoms with Crippen LogP contribution in [0.1, 0.15) is 43.7 Å². The van der Waals surface area contributed by atoms with Crippen molar-refractivity contribution >= 4 is 5.91 Å². The van der Waals surface area contributed by atoms with Crippen LogP contribution in [-0.2, 0) is 17.9 Å². The molecule has 1 aliphatic carbocycles. The molecule has 1 amide bonds. The number of hydrogen-bond donors (Lipinski definition) is 1. The first-order valence-electron chi connectivity index (χ1n) is 10.4. The number of phenolic OH excluding ortho intramolecular Hbond substituents is 1. The number of para-hydroxylation sites is 1. The second-order valence-electron chi connectivity index (χ2n) is 8.58. The molecule has 0 atom stereocenters. The average Bonchev–Trinajstić information content (AvgIpc) is 2.87. The first-order chi connectivity index (χ1) is 13.9. The van der Waals surface area contributed by atoms with Crippen LogP contribution in [0.5, 0.6) is 11.5 Å². The van der Waals surface area contributed by atoms with Crippen molar-refractivity contribution in [1.82, 2.24) is 9.80 Å². The molecule has 0 bridgehead atoms. The summed E-state index contributed by atoms with van der Waals surface area (Å²) in [6.45, 7) is 3.79. The van der Waals surface area contributed by atoms with Crippen molar-refractivity contribution in [3.8, 4) is 11.5 Å². The average molecular weight is 395 g/mol. The van der Waals surface area contributed by atoms with E-state index in [-0.39, 0.29) is 11.5 Å². The Morgan fingerprint density at radius 2 is 1.86 bits per heavy atom. The summed E-state index contributed by atoms with van der Waals surface area (Å²) in [5.74, 6) is 1.33. The van der Waals surface area contributed by atoms with E-state index in [4.69, 9.17) is 4.74 Å². The highest BCUT2D eigenvalue weighted by atomic mass is 16.5. The lowest BCUT2D eigenvalue weighted by molar-refractivity contribution is -0.132. The summed E-state index contributed by atoms with van der Waals surface area (Å²) in [7, 11) is 2.17. The van der Waals surface area contributed by atoms with Gasteiger partial charge in [0.15, 0.2) is 0 Å². The molecule has 29 heavy (non-hydrogen) atoms. The monoisotopic (exact) mass is 394 g/mol. The van der Waals surface area contributed by atoms with Crippen LogP contribution >= 0.6 is 0 Å². The Kier molecular flexibility index (Phi) is 5.50. The minimum absolute atomic E-state index is 0.108. The number of carbonyl (C=O) groups is 1. The van der Waals surface area contributed by atoms with Gasteiger partial charge in [-0.25, -0.2) is 0 Å². The van der Waals surface area contributed by atoms with Gasteiger partial charge in [0.2, 0.25) is 5.91 Å². The normalized spacial score (nSPS) is 24.1. The molecule has 1 saturated carbocycles. The summed E-state index contributed by atoms with van der Waals surface area (Å²) >= 11 is 0. The van der Waals surface area contributed by atoms with Gasteiger partial charge in [-0.1, -0.05) is 30.3 Å². The summed E-state index contributed by atoms with van der Waals surface area (Å²) < 4.78 is 6.59. The Bertz CT molecular complexity index is 857. The topological polar surface area (TPSA) is 53.0 Å². The molecule has 0 radical (unpaired) electrons. The molecule has 154 valence electrons. The van der Waals surface area contributed by atoms with E-state index >= 15 is 0 Å². The minimum Gasteiger partial charge on any atom is -0.508 e. The molecular formula is C24H30N2O3. The number of phenols is 1. The fourth-order valence-corrected chi connectivity index (χ4v) is 4.68. The number of aromatic hydroxyl groups is 1. The first kappa shape index (κ1) is 19.8. The maximum absolute atomic E-state index is 12.2. The van der Waals surface area contributed by atoms with Gasteiger partial charge in [0.25, 0.3) is 0 Å². The molecule has 1 fully saturated rings. The van der Waals surface area contributed by atoms with E-state index in [0.29, 0.717) is 24.9 Å². The predicted molar refractivity (Wildman–Crippen MR) is 113 cm³/mol. The van der Waals surface area contributed by atoms with E-state index in [1.165, 1.54) is 5.56 Å². The number of amides is 1. The summed E-state index contributed by atoms with van der Waals surface area (Å²) in [6.07, 6.45) is 3.97. The van der Waals surface area contributed by atoms with Gasteiger partial charge in [0.1, 0.15) is 17.1 Å². The van der Waals surface area contributed by atoms with Crippen LogP contribution in [0.2, 0.25) is 0 Å². The second-order valence-corrected chi connectivity index (χ2v) is 8.58. The standard InChI is InChI=1S/C24H30N2O3/c1-18(27)26-16-20-5-3-4-6-23(20)29-24(17-26)13-11-21(12-14-24)25(2)15-19-7-9-22(28)10-8-19/h3-10,21,28H,11-17H2,1-2H3. The van der Waals surface area contributed by atoms with Gasteiger partial charge in [0, 0.05) is 31.6 Å². The number of rotatable bonds is 3. The van der Waals surface area contributed by atoms with E-state index in [1.807, 2.05) is 35.2 Å². The van der Waals surface area contributed by atoms with Gasteiger partial charge in [0.05, 0.1) is 6.54 Å². The molecule has 0 aromatic heterocycles. The number of benzene rings is 2. The quantitative estimate of drug-likeness (QED) is 0.857. The molecule has 5 heteroatoms. The fraction of sp³-hybridized carbons (Fsp3) is 0.458. The SMILES string of the molecule is CC(=O)N1Cc2ccccc2OC2(CCC(N(C)Cc3ccc(O)cc3)CC2)C1. The van der Waals surface area contributed by atoms with Gasteiger partial charge in [-0.3, -0.25) is 9.69 Å². The highest BCUT2D eigenvalue weighted by Gasteiger charge is 2.42. The van der Waals surface area contributed by atoms with Crippen molar-refractivity contribution in [2.24, 2.45) is 0 Å². The van der Waals surface area contributed by atoms with Crippen molar-refractivity contribution in [2.45, 2.75) is 57.3 Å². The molecule has 4 rings (SSSR count). The molecule has 2 aromatic carbocycles. The summed E-state index contributed by atoms with van der Waals surface area (Å²) in [5, 5.41) is 9.48. The number of ether oxygens (including phenoxy) is 1. The lowest BCUT2D eigenvalue weighted by atomic mass is 9.81. The molecule has 1 N–H and O–H groups in total. The zero-order valence-electron chi connectivity index (χ0n) is 17.3. The summed E-state index contributed by atoms with van der Waals surface area (Å²) in [4.78, 5) is 16.6. The largest absolute Gasteiger partial charge is 0.508 e. The van der Waals surface area contributed by atoms with Crippen molar-refractivity contribution in [3.63, 3.8) is 0 Å². The Labute approximate surface area is 172 Å². The highest BCUT2D eigenvalue weighted by Crippen LogP contribution is 2.39. The van der Waals surface area contributed by atoms with Gasteiger partial charge in [-0.05, 0) is 56.5 Å². The van der Waals surface area contributed by atoms with E-state index < -0.39 is 0 Å². The molecule has 2 aromatic rings. The van der Waals surface area contributed by atoms with Crippen LogP contribution in [0.25, 0.3) is 0 Å². The van der Waals surface area contributed by atoms with Crippen LogP contribution in [0.15, 0.2) is 48.5 Å². The number of fused-ring (bicyclic) bond motifs is 1. The van der Waals surface area contributed by atoms with E-state index in [0.717, 1.165) is 43.5 Å². The molecular weight excluding hydrogens is 364 g/mol. The van der Waals surface area contributed by atoms with Gasteiger partial charge >= 0.3 is 0 Å². The van der Waals surface area contributed by atoms with E-state index in [1.54, 1.807) is 19.1 Å². The number of nitrogens with zero attached hydrogens (tertiary/aromatic N) is 2. The molecule has 2 aliphatic rings. The molecule has 1 heterocycles. The maximum atomic E-state index is 12.2. The third-order valence-electron chi connectivity index (χ3n) is 6.44. The van der Waals surface area contributed by atoms with Crippen LogP contribution < -0.4 is 4.74 Å². The van der Waals surface area contributed by atoms with Crippen LogP contribution in [0.4, 0.5) is 0 Å². The van der Waals surface area contributed by atoms with Crippen LogP contribution in [-0.4, -0.2) is 46.0 Å². The van der Waals surface area contributed by atoms with E-state index in [2.05, 4.69) is 18.0 Å². The fourth-order valence-electron chi connectivity index (χ4n) is 4.68. The maximum Gasteiger partial charge on any atom is 0.219 e. The van der Waals surface area contributed by atoms with E-state index in [9.17, 15) is 9.90 Å². The Balaban J connectivity index is 1.45. The smallest absolute Gasteiger partial charge is 0.219 e. The molecule has 1 aliphatic heterocycles. The van der Waals surface area contributed by atoms with Gasteiger partial charge < -0.3 is 14.7 Å². The Morgan fingerprint density at radius 1 is 1.17 bits per heavy atom. The van der Waals surface area contributed by atoms with Crippen LogP contribution in [0.3, 0.4) is 0 Å². The minimum atomic E-state index is -0.297.